The Balaban J connectivity index is 2.36. The van der Waals surface area contributed by atoms with Gasteiger partial charge in [-0.2, -0.15) is 0 Å². The van der Waals surface area contributed by atoms with E-state index < -0.39 is 0 Å². The molecule has 0 aliphatic rings. The molecule has 1 aromatic heterocycles. The van der Waals surface area contributed by atoms with Crippen LogP contribution in [0.1, 0.15) is 33.5 Å². The van der Waals surface area contributed by atoms with E-state index in [2.05, 4.69) is 13.0 Å². The van der Waals surface area contributed by atoms with Crippen LogP contribution < -0.4 is 4.74 Å². The summed E-state index contributed by atoms with van der Waals surface area (Å²) in [5.41, 5.74) is 0.767. The van der Waals surface area contributed by atoms with Crippen molar-refractivity contribution < 1.29 is 9.15 Å². The second-order valence-electron chi connectivity index (χ2n) is 4.98. The zero-order valence-corrected chi connectivity index (χ0v) is 10.3. The van der Waals surface area contributed by atoms with Gasteiger partial charge in [0.1, 0.15) is 22.7 Å². The van der Waals surface area contributed by atoms with Crippen molar-refractivity contribution in [3.05, 3.63) is 30.0 Å². The van der Waals surface area contributed by atoms with Crippen molar-refractivity contribution >= 4 is 11.0 Å². The van der Waals surface area contributed by atoms with Gasteiger partial charge in [0, 0.05) is 11.8 Å². The molecule has 2 nitrogen and oxygen atoms in total. The Morgan fingerprint density at radius 3 is 2.56 bits per heavy atom. The first-order valence-corrected chi connectivity index (χ1v) is 5.69. The highest BCUT2D eigenvalue weighted by Gasteiger charge is 2.12. The number of benzene rings is 1. The average Bonchev–Trinajstić information content (AvgIpc) is 2.57. The summed E-state index contributed by atoms with van der Waals surface area (Å²) in [6, 6.07) is 8.03. The second kappa shape index (κ2) is 3.85. The van der Waals surface area contributed by atoms with Crippen LogP contribution in [0.25, 0.3) is 11.0 Å². The Hall–Kier alpha value is -1.44. The van der Waals surface area contributed by atoms with Crippen LogP contribution in [0.4, 0.5) is 0 Å². The van der Waals surface area contributed by atoms with Crippen molar-refractivity contribution in [2.75, 3.05) is 0 Å². The first-order chi connectivity index (χ1) is 7.48. The molecule has 0 fully saturated rings. The van der Waals surface area contributed by atoms with Crippen LogP contribution in [0.2, 0.25) is 0 Å². The molecule has 2 aromatic rings. The minimum absolute atomic E-state index is 0.162. The van der Waals surface area contributed by atoms with Crippen molar-refractivity contribution in [2.24, 2.45) is 0 Å². The Kier molecular flexibility index (Phi) is 2.66. The second-order valence-corrected chi connectivity index (χ2v) is 4.98. The van der Waals surface area contributed by atoms with E-state index in [4.69, 9.17) is 9.15 Å². The average molecular weight is 218 g/mol. The van der Waals surface area contributed by atoms with Crippen molar-refractivity contribution in [3.63, 3.8) is 0 Å². The fourth-order valence-corrected chi connectivity index (χ4v) is 1.67. The SMILES string of the molecule is CCc1cc2cc(OC(C)(C)C)ccc2o1. The molecule has 0 atom stereocenters. The van der Waals surface area contributed by atoms with Gasteiger partial charge >= 0.3 is 0 Å². The number of fused-ring (bicyclic) bond motifs is 1. The predicted octanol–water partition coefficient (Wildman–Crippen LogP) is 4.17. The highest BCUT2D eigenvalue weighted by atomic mass is 16.5. The number of ether oxygens (including phenoxy) is 1. The van der Waals surface area contributed by atoms with Gasteiger partial charge in [-0.1, -0.05) is 6.92 Å². The van der Waals surface area contributed by atoms with Gasteiger partial charge in [0.25, 0.3) is 0 Å². The minimum Gasteiger partial charge on any atom is -0.488 e. The molecule has 16 heavy (non-hydrogen) atoms. The van der Waals surface area contributed by atoms with Gasteiger partial charge in [-0.05, 0) is 45.0 Å². The molecule has 1 aromatic carbocycles. The predicted molar refractivity (Wildman–Crippen MR) is 66.0 cm³/mol. The summed E-state index contributed by atoms with van der Waals surface area (Å²) in [5, 5.41) is 1.11. The highest BCUT2D eigenvalue weighted by Crippen LogP contribution is 2.26. The van der Waals surface area contributed by atoms with Gasteiger partial charge < -0.3 is 9.15 Å². The molecule has 0 unspecified atom stereocenters. The van der Waals surface area contributed by atoms with Gasteiger partial charge in [-0.15, -0.1) is 0 Å². The number of rotatable bonds is 2. The van der Waals surface area contributed by atoms with Crippen LogP contribution in [0.15, 0.2) is 28.7 Å². The van der Waals surface area contributed by atoms with E-state index in [0.29, 0.717) is 0 Å². The van der Waals surface area contributed by atoms with E-state index in [1.165, 1.54) is 0 Å². The molecule has 0 bridgehead atoms. The summed E-state index contributed by atoms with van der Waals surface area (Å²) in [7, 11) is 0. The van der Waals surface area contributed by atoms with Crippen LogP contribution >= 0.6 is 0 Å². The molecular weight excluding hydrogens is 200 g/mol. The van der Waals surface area contributed by atoms with E-state index in [1.807, 2.05) is 39.0 Å². The molecule has 1 heterocycles. The van der Waals surface area contributed by atoms with Crippen LogP contribution in [-0.2, 0) is 6.42 Å². The Morgan fingerprint density at radius 2 is 1.94 bits per heavy atom. The molecule has 0 radical (unpaired) electrons. The smallest absolute Gasteiger partial charge is 0.134 e. The van der Waals surface area contributed by atoms with Gasteiger partial charge in [0.2, 0.25) is 0 Å². The van der Waals surface area contributed by atoms with Crippen molar-refractivity contribution in [3.8, 4) is 5.75 Å². The maximum atomic E-state index is 5.81. The summed E-state index contributed by atoms with van der Waals surface area (Å²) >= 11 is 0. The van der Waals surface area contributed by atoms with Crippen molar-refractivity contribution in [1.82, 2.24) is 0 Å². The molecule has 0 saturated heterocycles. The van der Waals surface area contributed by atoms with Gasteiger partial charge in [0.05, 0.1) is 0 Å². The number of hydrogen-bond donors (Lipinski definition) is 0. The van der Waals surface area contributed by atoms with Gasteiger partial charge in [-0.25, -0.2) is 0 Å². The molecule has 2 heteroatoms. The summed E-state index contributed by atoms with van der Waals surface area (Å²) < 4.78 is 11.5. The van der Waals surface area contributed by atoms with E-state index in [0.717, 1.165) is 28.9 Å². The molecule has 0 spiro atoms. The summed E-state index contributed by atoms with van der Waals surface area (Å²) in [4.78, 5) is 0. The fraction of sp³-hybridized carbons (Fsp3) is 0.429. The molecule has 0 amide bonds. The van der Waals surface area contributed by atoms with E-state index in [9.17, 15) is 0 Å². The van der Waals surface area contributed by atoms with Crippen molar-refractivity contribution in [1.29, 1.82) is 0 Å². The Bertz CT molecular complexity index is 489. The molecule has 86 valence electrons. The van der Waals surface area contributed by atoms with E-state index in [1.54, 1.807) is 0 Å². The third kappa shape index (κ3) is 2.38. The zero-order valence-electron chi connectivity index (χ0n) is 10.3. The Morgan fingerprint density at radius 1 is 1.19 bits per heavy atom. The fourth-order valence-electron chi connectivity index (χ4n) is 1.67. The lowest BCUT2D eigenvalue weighted by Crippen LogP contribution is -2.22. The van der Waals surface area contributed by atoms with Crippen LogP contribution in [-0.4, -0.2) is 5.60 Å². The largest absolute Gasteiger partial charge is 0.488 e. The van der Waals surface area contributed by atoms with E-state index in [-0.39, 0.29) is 5.60 Å². The molecular formula is C14H18O2. The topological polar surface area (TPSA) is 22.4 Å². The van der Waals surface area contributed by atoms with Gasteiger partial charge in [-0.3, -0.25) is 0 Å². The third-order valence-corrected chi connectivity index (χ3v) is 2.31. The lowest BCUT2D eigenvalue weighted by molar-refractivity contribution is 0.131. The summed E-state index contributed by atoms with van der Waals surface area (Å²) in [6.07, 6.45) is 0.921. The van der Waals surface area contributed by atoms with Crippen LogP contribution in [0.3, 0.4) is 0 Å². The molecule has 0 aliphatic carbocycles. The highest BCUT2D eigenvalue weighted by molar-refractivity contribution is 5.79. The zero-order chi connectivity index (χ0) is 11.8. The maximum absolute atomic E-state index is 5.81. The lowest BCUT2D eigenvalue weighted by Gasteiger charge is -2.21. The quantitative estimate of drug-likeness (QED) is 0.754. The monoisotopic (exact) mass is 218 g/mol. The number of hydrogen-bond acceptors (Lipinski definition) is 2. The van der Waals surface area contributed by atoms with Crippen molar-refractivity contribution in [2.45, 2.75) is 39.7 Å². The van der Waals surface area contributed by atoms with Crippen LogP contribution in [0, 0.1) is 0 Å². The summed E-state index contributed by atoms with van der Waals surface area (Å²) in [6.45, 7) is 8.22. The molecule has 0 N–H and O–H groups in total. The van der Waals surface area contributed by atoms with E-state index >= 15 is 0 Å². The van der Waals surface area contributed by atoms with Gasteiger partial charge in [0.15, 0.2) is 0 Å². The third-order valence-electron chi connectivity index (χ3n) is 2.31. The number of aryl methyl sites for hydroxylation is 1. The Labute approximate surface area is 96.2 Å². The standard InChI is InChI=1S/C14H18O2/c1-5-11-8-10-9-12(16-14(2,3)4)6-7-13(10)15-11/h6-9H,5H2,1-4H3. The molecule has 2 rings (SSSR count). The lowest BCUT2D eigenvalue weighted by atomic mass is 10.2. The first-order valence-electron chi connectivity index (χ1n) is 5.69. The maximum Gasteiger partial charge on any atom is 0.134 e. The van der Waals surface area contributed by atoms with Crippen LogP contribution in [0.5, 0.6) is 5.75 Å². The normalized spacial score (nSPS) is 12.0. The first kappa shape index (κ1) is 11.1. The number of furan rings is 1. The minimum atomic E-state index is -0.162. The summed E-state index contributed by atoms with van der Waals surface area (Å²) in [5.74, 6) is 1.91. The molecule has 0 saturated carbocycles. The molecule has 0 aliphatic heterocycles.